The molecule has 1 aliphatic rings. The molecule has 1 saturated heterocycles. The molecule has 2 rings (SSSR count). The molecule has 2 N–H and O–H groups in total. The Morgan fingerprint density at radius 1 is 1.18 bits per heavy atom. The van der Waals surface area contributed by atoms with Crippen molar-refractivity contribution in [1.29, 1.82) is 0 Å². The number of primary sulfonamides is 1. The quantitative estimate of drug-likeness (QED) is 0.785. The van der Waals surface area contributed by atoms with Gasteiger partial charge < -0.3 is 0 Å². The van der Waals surface area contributed by atoms with Gasteiger partial charge >= 0.3 is 0 Å². The Bertz CT molecular complexity index is 681. The molecular weight excluding hydrogens is 306 g/mol. The molecule has 0 aliphatic carbocycles. The lowest BCUT2D eigenvalue weighted by Gasteiger charge is -2.24. The van der Waals surface area contributed by atoms with Crippen LogP contribution in [0.2, 0.25) is 0 Å². The van der Waals surface area contributed by atoms with E-state index < -0.39 is 16.1 Å². The summed E-state index contributed by atoms with van der Waals surface area (Å²) in [7, 11) is -3.80. The smallest absolute Gasteiger partial charge is 0.251 e. The Balaban J connectivity index is 2.29. The summed E-state index contributed by atoms with van der Waals surface area (Å²) in [4.78, 5) is 27.6. The number of anilines is 1. The number of likely N-dealkylation sites (N-methyl/N-ethyl adjacent to an activating group) is 1. The zero-order valence-corrected chi connectivity index (χ0v) is 13.3. The molecule has 1 heterocycles. The number of benzene rings is 1. The third-order valence-corrected chi connectivity index (χ3v) is 4.73. The molecule has 2 amide bonds. The summed E-state index contributed by atoms with van der Waals surface area (Å²) in [6.07, 6.45) is 0.136. The van der Waals surface area contributed by atoms with Gasteiger partial charge in [0.25, 0.3) is 5.91 Å². The molecule has 0 spiro atoms. The van der Waals surface area contributed by atoms with Crippen LogP contribution in [0.3, 0.4) is 0 Å². The predicted molar refractivity (Wildman–Crippen MR) is 81.6 cm³/mol. The summed E-state index contributed by atoms with van der Waals surface area (Å²) < 4.78 is 22.5. The highest BCUT2D eigenvalue weighted by molar-refractivity contribution is 7.89. The van der Waals surface area contributed by atoms with E-state index >= 15 is 0 Å². The van der Waals surface area contributed by atoms with Crippen molar-refractivity contribution in [3.05, 3.63) is 24.3 Å². The molecular formula is C14H19N3O4S. The minimum absolute atomic E-state index is 0.0596. The number of carbonyl (C=O) groups excluding carboxylic acids is 2. The van der Waals surface area contributed by atoms with Crippen LogP contribution in [0.5, 0.6) is 0 Å². The van der Waals surface area contributed by atoms with Crippen LogP contribution in [0.15, 0.2) is 29.2 Å². The average molecular weight is 325 g/mol. The third-order valence-electron chi connectivity index (χ3n) is 3.80. The van der Waals surface area contributed by atoms with Gasteiger partial charge in [-0.05, 0) is 37.4 Å². The van der Waals surface area contributed by atoms with E-state index in [-0.39, 0.29) is 23.1 Å². The maximum absolute atomic E-state index is 12.5. The number of imide groups is 1. The molecule has 1 aromatic carbocycles. The number of hydrogen-bond donors (Lipinski definition) is 1. The number of amides is 2. The van der Waals surface area contributed by atoms with Crippen LogP contribution in [0.4, 0.5) is 5.69 Å². The van der Waals surface area contributed by atoms with Crippen molar-refractivity contribution in [3.8, 4) is 0 Å². The van der Waals surface area contributed by atoms with E-state index in [0.29, 0.717) is 18.8 Å². The van der Waals surface area contributed by atoms with E-state index in [1.165, 1.54) is 24.3 Å². The Kier molecular flexibility index (Phi) is 4.64. The van der Waals surface area contributed by atoms with Crippen LogP contribution in [-0.4, -0.2) is 44.3 Å². The second-order valence-electron chi connectivity index (χ2n) is 5.05. The van der Waals surface area contributed by atoms with Crippen molar-refractivity contribution >= 4 is 27.5 Å². The number of sulfonamides is 1. The molecule has 120 valence electrons. The third kappa shape index (κ3) is 3.03. The molecule has 0 saturated carbocycles. The zero-order chi connectivity index (χ0) is 16.5. The summed E-state index contributed by atoms with van der Waals surface area (Å²) in [5.74, 6) is -0.567. The Morgan fingerprint density at radius 3 is 2.18 bits per heavy atom. The van der Waals surface area contributed by atoms with Crippen molar-refractivity contribution in [2.45, 2.75) is 31.2 Å². The van der Waals surface area contributed by atoms with Crippen molar-refractivity contribution in [1.82, 2.24) is 4.90 Å². The van der Waals surface area contributed by atoms with E-state index in [1.807, 2.05) is 18.7 Å². The fourth-order valence-corrected chi connectivity index (χ4v) is 3.14. The number of nitrogens with two attached hydrogens (primary N) is 1. The van der Waals surface area contributed by atoms with E-state index in [9.17, 15) is 18.0 Å². The first kappa shape index (κ1) is 16.6. The van der Waals surface area contributed by atoms with Gasteiger partial charge in [0.2, 0.25) is 15.9 Å². The van der Waals surface area contributed by atoms with Crippen LogP contribution < -0.4 is 10.0 Å². The zero-order valence-electron chi connectivity index (χ0n) is 12.5. The fourth-order valence-electron chi connectivity index (χ4n) is 2.62. The second kappa shape index (κ2) is 6.15. The summed E-state index contributed by atoms with van der Waals surface area (Å²) in [6.45, 7) is 5.23. The lowest BCUT2D eigenvalue weighted by atomic mass is 10.2. The van der Waals surface area contributed by atoms with Crippen LogP contribution in [0.25, 0.3) is 0 Å². The highest BCUT2D eigenvalue weighted by Crippen LogP contribution is 2.26. The summed E-state index contributed by atoms with van der Waals surface area (Å²) >= 11 is 0. The maximum Gasteiger partial charge on any atom is 0.251 e. The molecule has 0 bridgehead atoms. The predicted octanol–water partition coefficient (Wildman–Crippen LogP) is 0.308. The van der Waals surface area contributed by atoms with E-state index in [2.05, 4.69) is 0 Å². The molecule has 0 radical (unpaired) electrons. The number of nitrogens with zero attached hydrogens (tertiary/aromatic N) is 2. The lowest BCUT2D eigenvalue weighted by molar-refractivity contribution is -0.122. The highest BCUT2D eigenvalue weighted by atomic mass is 32.2. The Hall–Kier alpha value is -1.77. The Morgan fingerprint density at radius 2 is 1.73 bits per heavy atom. The van der Waals surface area contributed by atoms with Crippen LogP contribution in [-0.2, 0) is 19.6 Å². The molecule has 1 unspecified atom stereocenters. The van der Waals surface area contributed by atoms with Gasteiger partial charge in [0, 0.05) is 0 Å². The number of rotatable bonds is 5. The normalized spacial score (nSPS) is 19.3. The minimum Gasteiger partial charge on any atom is -0.292 e. The van der Waals surface area contributed by atoms with Crippen LogP contribution in [0.1, 0.15) is 20.3 Å². The molecule has 1 atom stereocenters. The van der Waals surface area contributed by atoms with Gasteiger partial charge in [-0.3, -0.25) is 14.5 Å². The summed E-state index contributed by atoms with van der Waals surface area (Å²) in [5, 5.41) is 5.03. The first-order valence-electron chi connectivity index (χ1n) is 7.03. The molecule has 1 aromatic rings. The van der Waals surface area contributed by atoms with Gasteiger partial charge in [-0.25, -0.2) is 18.5 Å². The SMILES string of the molecule is CCN(CC)C1CC(=O)N(c2ccc(S(N)(=O)=O)cc2)C1=O. The lowest BCUT2D eigenvalue weighted by Crippen LogP contribution is -2.42. The van der Waals surface area contributed by atoms with Gasteiger partial charge in [0.15, 0.2) is 0 Å². The van der Waals surface area contributed by atoms with Gasteiger partial charge in [0.1, 0.15) is 0 Å². The van der Waals surface area contributed by atoms with Crippen LogP contribution in [0, 0.1) is 0 Å². The van der Waals surface area contributed by atoms with Crippen molar-refractivity contribution < 1.29 is 18.0 Å². The average Bonchev–Trinajstić information content (AvgIpc) is 2.75. The van der Waals surface area contributed by atoms with Gasteiger partial charge in [-0.2, -0.15) is 0 Å². The van der Waals surface area contributed by atoms with E-state index in [1.54, 1.807) is 0 Å². The van der Waals surface area contributed by atoms with Crippen molar-refractivity contribution in [2.24, 2.45) is 5.14 Å². The van der Waals surface area contributed by atoms with Gasteiger partial charge in [-0.1, -0.05) is 13.8 Å². The fraction of sp³-hybridized carbons (Fsp3) is 0.429. The molecule has 0 aromatic heterocycles. The molecule has 1 fully saturated rings. The standard InChI is InChI=1S/C14H19N3O4S/c1-3-16(4-2)12-9-13(18)17(14(12)19)10-5-7-11(8-6-10)22(15,20)21/h5-8,12H,3-4,9H2,1-2H3,(H2,15,20,21). The molecule has 7 nitrogen and oxygen atoms in total. The monoisotopic (exact) mass is 325 g/mol. The Labute approximate surface area is 129 Å². The summed E-state index contributed by atoms with van der Waals surface area (Å²) in [5.41, 5.74) is 0.358. The number of carbonyl (C=O) groups is 2. The van der Waals surface area contributed by atoms with E-state index in [0.717, 1.165) is 4.90 Å². The second-order valence-corrected chi connectivity index (χ2v) is 6.61. The largest absolute Gasteiger partial charge is 0.292 e. The molecule has 8 heteroatoms. The minimum atomic E-state index is -3.80. The van der Waals surface area contributed by atoms with Crippen molar-refractivity contribution in [3.63, 3.8) is 0 Å². The van der Waals surface area contributed by atoms with E-state index in [4.69, 9.17) is 5.14 Å². The first-order chi connectivity index (χ1) is 10.3. The molecule has 22 heavy (non-hydrogen) atoms. The highest BCUT2D eigenvalue weighted by Gasteiger charge is 2.41. The number of hydrogen-bond acceptors (Lipinski definition) is 5. The summed E-state index contributed by atoms with van der Waals surface area (Å²) in [6, 6.07) is 4.95. The van der Waals surface area contributed by atoms with Crippen LogP contribution >= 0.6 is 0 Å². The topological polar surface area (TPSA) is 101 Å². The maximum atomic E-state index is 12.5. The molecule has 1 aliphatic heterocycles. The van der Waals surface area contributed by atoms with Crippen molar-refractivity contribution in [2.75, 3.05) is 18.0 Å². The van der Waals surface area contributed by atoms with Gasteiger partial charge in [0.05, 0.1) is 23.0 Å². The first-order valence-corrected chi connectivity index (χ1v) is 8.58. The van der Waals surface area contributed by atoms with Gasteiger partial charge in [-0.15, -0.1) is 0 Å².